The fourth-order valence-electron chi connectivity index (χ4n) is 1.37. The first-order chi connectivity index (χ1) is 7.77. The summed E-state index contributed by atoms with van der Waals surface area (Å²) in [6.07, 6.45) is 2.98. The van der Waals surface area contributed by atoms with Crippen LogP contribution in [0.4, 0.5) is 0 Å². The smallest absolute Gasteiger partial charge is 0.421 e. The van der Waals surface area contributed by atoms with Gasteiger partial charge in [0.05, 0.1) is 5.56 Å². The van der Waals surface area contributed by atoms with Gasteiger partial charge in [-0.05, 0) is 12.1 Å². The van der Waals surface area contributed by atoms with E-state index in [1.54, 1.807) is 19.1 Å². The maximum absolute atomic E-state index is 11.3. The highest BCUT2D eigenvalue weighted by molar-refractivity contribution is 5.69. The van der Waals surface area contributed by atoms with E-state index >= 15 is 0 Å². The van der Waals surface area contributed by atoms with Crippen molar-refractivity contribution in [2.24, 2.45) is 0 Å². The molecule has 0 aliphatic carbocycles. The first-order valence-corrected chi connectivity index (χ1v) is 5.05. The lowest BCUT2D eigenvalue weighted by Gasteiger charge is -2.26. The SMILES string of the molecule is CCC(=O)OC1(c2ccccc2)OC=CO1. The fraction of sp³-hybridized carbons (Fsp3) is 0.250. The number of ether oxygens (including phenoxy) is 3. The summed E-state index contributed by atoms with van der Waals surface area (Å²) in [7, 11) is 0. The van der Waals surface area contributed by atoms with Crippen molar-refractivity contribution in [3.8, 4) is 0 Å². The van der Waals surface area contributed by atoms with Crippen LogP contribution in [0, 0.1) is 0 Å². The van der Waals surface area contributed by atoms with Crippen LogP contribution in [0.2, 0.25) is 0 Å². The number of carbonyl (C=O) groups is 1. The number of carbonyl (C=O) groups excluding carboxylic acids is 1. The Hall–Kier alpha value is -1.97. The average Bonchev–Trinajstić information content (AvgIpc) is 2.80. The summed E-state index contributed by atoms with van der Waals surface area (Å²) in [6, 6.07) is 9.05. The van der Waals surface area contributed by atoms with Crippen molar-refractivity contribution in [2.75, 3.05) is 0 Å². The Balaban J connectivity index is 2.26. The van der Waals surface area contributed by atoms with Crippen LogP contribution in [-0.4, -0.2) is 5.97 Å². The molecule has 0 spiro atoms. The van der Waals surface area contributed by atoms with Gasteiger partial charge in [-0.3, -0.25) is 4.79 Å². The molecule has 2 rings (SSSR count). The molecule has 0 unspecified atom stereocenters. The number of hydrogen-bond donors (Lipinski definition) is 0. The minimum Gasteiger partial charge on any atom is -0.421 e. The number of esters is 1. The number of benzene rings is 1. The van der Waals surface area contributed by atoms with E-state index in [1.807, 2.05) is 18.2 Å². The van der Waals surface area contributed by atoms with Crippen LogP contribution in [0.1, 0.15) is 18.9 Å². The molecule has 1 heterocycles. The number of hydrogen-bond acceptors (Lipinski definition) is 4. The maximum Gasteiger partial charge on any atom is 0.448 e. The summed E-state index contributed by atoms with van der Waals surface area (Å²) in [5.74, 6) is -1.83. The van der Waals surface area contributed by atoms with Crippen LogP contribution in [0.25, 0.3) is 0 Å². The van der Waals surface area contributed by atoms with Gasteiger partial charge in [-0.25, -0.2) is 0 Å². The molecule has 0 amide bonds. The minimum absolute atomic E-state index is 0.265. The van der Waals surface area contributed by atoms with Crippen LogP contribution < -0.4 is 0 Å². The molecule has 0 aromatic heterocycles. The van der Waals surface area contributed by atoms with E-state index in [0.717, 1.165) is 0 Å². The van der Waals surface area contributed by atoms with E-state index in [1.165, 1.54) is 12.5 Å². The zero-order valence-corrected chi connectivity index (χ0v) is 8.88. The predicted octanol–water partition coefficient (Wildman–Crippen LogP) is 2.27. The molecule has 1 aromatic carbocycles. The Bertz CT molecular complexity index is 389. The third kappa shape index (κ3) is 1.86. The van der Waals surface area contributed by atoms with Gasteiger partial charge in [0.1, 0.15) is 12.5 Å². The fourth-order valence-corrected chi connectivity index (χ4v) is 1.37. The highest BCUT2D eigenvalue weighted by atomic mass is 16.9. The minimum atomic E-state index is -1.45. The van der Waals surface area contributed by atoms with Gasteiger partial charge in [-0.2, -0.15) is 0 Å². The summed E-state index contributed by atoms with van der Waals surface area (Å²) in [6.45, 7) is 1.71. The van der Waals surface area contributed by atoms with Crippen molar-refractivity contribution in [1.82, 2.24) is 0 Å². The molecule has 0 radical (unpaired) electrons. The maximum atomic E-state index is 11.3. The molecule has 84 valence electrons. The second-order valence-corrected chi connectivity index (χ2v) is 3.26. The van der Waals surface area contributed by atoms with Crippen molar-refractivity contribution in [3.05, 3.63) is 48.4 Å². The van der Waals surface area contributed by atoms with Gasteiger partial charge < -0.3 is 14.2 Å². The van der Waals surface area contributed by atoms with E-state index in [4.69, 9.17) is 14.2 Å². The van der Waals surface area contributed by atoms with Gasteiger partial charge in [-0.1, -0.05) is 25.1 Å². The Morgan fingerprint density at radius 1 is 1.25 bits per heavy atom. The second-order valence-electron chi connectivity index (χ2n) is 3.26. The Morgan fingerprint density at radius 3 is 2.44 bits per heavy atom. The molecule has 0 saturated heterocycles. The third-order valence-corrected chi connectivity index (χ3v) is 2.17. The molecule has 16 heavy (non-hydrogen) atoms. The van der Waals surface area contributed by atoms with Gasteiger partial charge in [0.2, 0.25) is 0 Å². The van der Waals surface area contributed by atoms with E-state index in [-0.39, 0.29) is 12.4 Å². The summed E-state index contributed by atoms with van der Waals surface area (Å²) in [4.78, 5) is 11.3. The third-order valence-electron chi connectivity index (χ3n) is 2.17. The molecule has 1 aromatic rings. The van der Waals surface area contributed by atoms with Crippen LogP contribution in [0.3, 0.4) is 0 Å². The lowest BCUT2D eigenvalue weighted by molar-refractivity contribution is -0.315. The molecule has 1 aliphatic rings. The van der Waals surface area contributed by atoms with Crippen molar-refractivity contribution >= 4 is 5.97 Å². The molecule has 0 atom stereocenters. The topological polar surface area (TPSA) is 44.8 Å². The average molecular weight is 220 g/mol. The summed E-state index contributed by atoms with van der Waals surface area (Å²) >= 11 is 0. The van der Waals surface area contributed by atoms with Crippen LogP contribution in [0.15, 0.2) is 42.9 Å². The first-order valence-electron chi connectivity index (χ1n) is 5.05. The van der Waals surface area contributed by atoms with E-state index < -0.39 is 5.97 Å². The lowest BCUT2D eigenvalue weighted by Crippen LogP contribution is -2.33. The van der Waals surface area contributed by atoms with Gasteiger partial charge in [-0.15, -0.1) is 0 Å². The Labute approximate surface area is 93.4 Å². The first kappa shape index (κ1) is 10.5. The molecule has 0 N–H and O–H groups in total. The standard InChI is InChI=1S/C12H12O4/c1-2-11(13)16-12(14-8-9-15-12)10-6-4-3-5-7-10/h3-9H,2H2,1H3. The summed E-state index contributed by atoms with van der Waals surface area (Å²) in [5.41, 5.74) is 0.641. The van der Waals surface area contributed by atoms with Crippen molar-refractivity contribution in [3.63, 3.8) is 0 Å². The van der Waals surface area contributed by atoms with Crippen LogP contribution in [0.5, 0.6) is 0 Å². The highest BCUT2D eigenvalue weighted by Crippen LogP contribution is 2.33. The van der Waals surface area contributed by atoms with E-state index in [0.29, 0.717) is 5.56 Å². The van der Waals surface area contributed by atoms with E-state index in [2.05, 4.69) is 0 Å². The van der Waals surface area contributed by atoms with Crippen LogP contribution in [-0.2, 0) is 25.0 Å². The van der Waals surface area contributed by atoms with Crippen molar-refractivity contribution in [2.45, 2.75) is 19.3 Å². The van der Waals surface area contributed by atoms with Crippen LogP contribution >= 0.6 is 0 Å². The Kier molecular flexibility index (Phi) is 2.81. The lowest BCUT2D eigenvalue weighted by atomic mass is 10.2. The summed E-state index contributed by atoms with van der Waals surface area (Å²) in [5, 5.41) is 0. The van der Waals surface area contributed by atoms with Gasteiger partial charge in [0.15, 0.2) is 0 Å². The molecule has 0 saturated carbocycles. The zero-order chi connectivity index (χ0) is 11.4. The van der Waals surface area contributed by atoms with E-state index in [9.17, 15) is 4.79 Å². The molecular weight excluding hydrogens is 208 g/mol. The highest BCUT2D eigenvalue weighted by Gasteiger charge is 2.42. The number of rotatable bonds is 3. The molecule has 0 bridgehead atoms. The summed E-state index contributed by atoms with van der Waals surface area (Å²) < 4.78 is 15.7. The predicted molar refractivity (Wildman–Crippen MR) is 55.8 cm³/mol. The van der Waals surface area contributed by atoms with Crippen molar-refractivity contribution < 1.29 is 19.0 Å². The molecule has 1 aliphatic heterocycles. The normalized spacial score (nSPS) is 16.3. The second kappa shape index (κ2) is 4.26. The largest absolute Gasteiger partial charge is 0.448 e. The quantitative estimate of drug-likeness (QED) is 0.733. The zero-order valence-electron chi connectivity index (χ0n) is 8.88. The molecule has 4 heteroatoms. The van der Waals surface area contributed by atoms with Crippen molar-refractivity contribution in [1.29, 1.82) is 0 Å². The molecular formula is C12H12O4. The van der Waals surface area contributed by atoms with Gasteiger partial charge >= 0.3 is 11.9 Å². The Morgan fingerprint density at radius 2 is 1.88 bits per heavy atom. The molecule has 0 fully saturated rings. The van der Waals surface area contributed by atoms with Gasteiger partial charge in [0.25, 0.3) is 0 Å². The monoisotopic (exact) mass is 220 g/mol. The van der Waals surface area contributed by atoms with Gasteiger partial charge in [0, 0.05) is 6.42 Å². The molecule has 4 nitrogen and oxygen atoms in total.